The Kier molecular flexibility index (Phi) is 2.42. The molecule has 3 rings (SSSR count). The topological polar surface area (TPSA) is 0 Å². The Bertz CT molecular complexity index is 507. The fourth-order valence-corrected chi connectivity index (χ4v) is 2.92. The van der Waals surface area contributed by atoms with Crippen molar-refractivity contribution in [2.75, 3.05) is 0 Å². The molecule has 0 saturated carbocycles. The van der Waals surface area contributed by atoms with Gasteiger partial charge in [-0.15, -0.1) is 0 Å². The van der Waals surface area contributed by atoms with Crippen molar-refractivity contribution in [3.05, 3.63) is 57.6 Å². The lowest BCUT2D eigenvalue weighted by molar-refractivity contribution is 0.942. The molecule has 0 aromatic heterocycles. The van der Waals surface area contributed by atoms with Crippen LogP contribution in [0, 0.1) is 0 Å². The van der Waals surface area contributed by atoms with Crippen molar-refractivity contribution in [2.45, 2.75) is 12.8 Å². The first-order chi connectivity index (χ1) is 7.77. The van der Waals surface area contributed by atoms with Crippen LogP contribution in [0.25, 0.3) is 11.1 Å². The predicted molar refractivity (Wildman–Crippen MR) is 69.3 cm³/mol. The first kappa shape index (κ1) is 10.2. The van der Waals surface area contributed by atoms with Crippen molar-refractivity contribution in [3.8, 4) is 11.1 Å². The van der Waals surface area contributed by atoms with Crippen LogP contribution in [0.5, 0.6) is 0 Å². The smallest absolute Gasteiger partial charge is 0.0444 e. The molecular formula is C14H10Cl2. The molecule has 0 heterocycles. The van der Waals surface area contributed by atoms with Gasteiger partial charge in [-0.05, 0) is 47.2 Å². The molecule has 80 valence electrons. The van der Waals surface area contributed by atoms with Crippen molar-refractivity contribution in [2.24, 2.45) is 0 Å². The molecule has 0 N–H and O–H groups in total. The molecule has 0 unspecified atom stereocenters. The van der Waals surface area contributed by atoms with Gasteiger partial charge in [0.25, 0.3) is 0 Å². The van der Waals surface area contributed by atoms with Crippen LogP contribution in [0.2, 0.25) is 10.0 Å². The minimum absolute atomic E-state index is 0.864. The Morgan fingerprint density at radius 1 is 0.688 bits per heavy atom. The van der Waals surface area contributed by atoms with E-state index < -0.39 is 0 Å². The summed E-state index contributed by atoms with van der Waals surface area (Å²) >= 11 is 12.4. The summed E-state index contributed by atoms with van der Waals surface area (Å²) in [5.41, 5.74) is 4.96. The summed E-state index contributed by atoms with van der Waals surface area (Å²) < 4.78 is 0. The molecule has 0 radical (unpaired) electrons. The first-order valence-corrected chi connectivity index (χ1v) is 6.08. The highest BCUT2D eigenvalue weighted by Gasteiger charge is 2.19. The van der Waals surface area contributed by atoms with Crippen LogP contribution >= 0.6 is 23.2 Å². The SMILES string of the molecule is Clc1cccc2c1CCc1c(Cl)cccc1-2. The molecule has 0 spiro atoms. The number of hydrogen-bond donors (Lipinski definition) is 0. The van der Waals surface area contributed by atoms with Crippen LogP contribution in [0.1, 0.15) is 11.1 Å². The van der Waals surface area contributed by atoms with Crippen LogP contribution in [-0.4, -0.2) is 0 Å². The highest BCUT2D eigenvalue weighted by Crippen LogP contribution is 2.39. The Hall–Kier alpha value is -0.980. The second kappa shape index (κ2) is 3.80. The van der Waals surface area contributed by atoms with E-state index in [-0.39, 0.29) is 0 Å². The maximum Gasteiger partial charge on any atom is 0.0444 e. The summed E-state index contributed by atoms with van der Waals surface area (Å²) in [6, 6.07) is 12.1. The molecule has 0 amide bonds. The van der Waals surface area contributed by atoms with Gasteiger partial charge in [0.2, 0.25) is 0 Å². The molecule has 1 aliphatic carbocycles. The zero-order chi connectivity index (χ0) is 11.1. The zero-order valence-corrected chi connectivity index (χ0v) is 10.1. The molecule has 0 saturated heterocycles. The summed E-state index contributed by atoms with van der Waals surface area (Å²) in [6.45, 7) is 0. The molecule has 16 heavy (non-hydrogen) atoms. The van der Waals surface area contributed by atoms with Gasteiger partial charge >= 0.3 is 0 Å². The summed E-state index contributed by atoms with van der Waals surface area (Å²) in [5.74, 6) is 0. The molecule has 0 bridgehead atoms. The number of fused-ring (bicyclic) bond motifs is 3. The Morgan fingerprint density at radius 3 is 1.56 bits per heavy atom. The van der Waals surface area contributed by atoms with Gasteiger partial charge in [-0.3, -0.25) is 0 Å². The largest absolute Gasteiger partial charge is 0.0840 e. The van der Waals surface area contributed by atoms with Gasteiger partial charge in [0, 0.05) is 10.0 Å². The van der Waals surface area contributed by atoms with E-state index in [1.807, 2.05) is 24.3 Å². The first-order valence-electron chi connectivity index (χ1n) is 5.32. The van der Waals surface area contributed by atoms with E-state index in [1.165, 1.54) is 22.3 Å². The van der Waals surface area contributed by atoms with Crippen LogP contribution in [0.4, 0.5) is 0 Å². The Balaban J connectivity index is 2.32. The van der Waals surface area contributed by atoms with Gasteiger partial charge in [0.15, 0.2) is 0 Å². The van der Waals surface area contributed by atoms with Crippen LogP contribution in [0.3, 0.4) is 0 Å². The minimum Gasteiger partial charge on any atom is -0.0840 e. The van der Waals surface area contributed by atoms with Gasteiger partial charge in [0.05, 0.1) is 0 Å². The van der Waals surface area contributed by atoms with E-state index in [9.17, 15) is 0 Å². The average Bonchev–Trinajstić information content (AvgIpc) is 2.30. The number of rotatable bonds is 0. The molecule has 1 aliphatic rings. The summed E-state index contributed by atoms with van der Waals surface area (Å²) in [4.78, 5) is 0. The van der Waals surface area contributed by atoms with Crippen LogP contribution < -0.4 is 0 Å². The summed E-state index contributed by atoms with van der Waals surface area (Å²) in [7, 11) is 0. The van der Waals surface area contributed by atoms with E-state index in [0.717, 1.165) is 22.9 Å². The molecule has 2 aromatic rings. The van der Waals surface area contributed by atoms with Gasteiger partial charge in [-0.25, -0.2) is 0 Å². The quantitative estimate of drug-likeness (QED) is 0.631. The maximum absolute atomic E-state index is 6.22. The van der Waals surface area contributed by atoms with E-state index in [4.69, 9.17) is 23.2 Å². The number of halogens is 2. The van der Waals surface area contributed by atoms with Crippen molar-refractivity contribution < 1.29 is 0 Å². The van der Waals surface area contributed by atoms with Crippen molar-refractivity contribution >= 4 is 23.2 Å². The highest BCUT2D eigenvalue weighted by atomic mass is 35.5. The van der Waals surface area contributed by atoms with E-state index in [1.54, 1.807) is 0 Å². The number of hydrogen-bond acceptors (Lipinski definition) is 0. The van der Waals surface area contributed by atoms with Crippen molar-refractivity contribution in [1.82, 2.24) is 0 Å². The minimum atomic E-state index is 0.864. The lowest BCUT2D eigenvalue weighted by Crippen LogP contribution is -2.04. The van der Waals surface area contributed by atoms with Gasteiger partial charge < -0.3 is 0 Å². The number of benzene rings is 2. The van der Waals surface area contributed by atoms with Crippen molar-refractivity contribution in [3.63, 3.8) is 0 Å². The molecule has 2 aromatic carbocycles. The third kappa shape index (κ3) is 1.45. The third-order valence-electron chi connectivity index (χ3n) is 3.15. The van der Waals surface area contributed by atoms with Crippen LogP contribution in [-0.2, 0) is 12.8 Å². The summed E-state index contributed by atoms with van der Waals surface area (Å²) in [5, 5.41) is 1.73. The fourth-order valence-electron chi connectivity index (χ4n) is 2.38. The Morgan fingerprint density at radius 2 is 1.12 bits per heavy atom. The average molecular weight is 249 g/mol. The molecular weight excluding hydrogens is 239 g/mol. The van der Waals surface area contributed by atoms with Crippen molar-refractivity contribution in [1.29, 1.82) is 0 Å². The molecule has 2 heteroatoms. The molecule has 0 fully saturated rings. The normalized spacial score (nSPS) is 13.1. The lowest BCUT2D eigenvalue weighted by atomic mass is 9.86. The van der Waals surface area contributed by atoms with E-state index >= 15 is 0 Å². The standard InChI is InChI=1S/C14H10Cl2/c15-13-5-1-3-9-10-4-2-6-14(16)12(10)8-7-11(9)13/h1-6H,7-8H2. The highest BCUT2D eigenvalue weighted by molar-refractivity contribution is 6.32. The van der Waals surface area contributed by atoms with Gasteiger partial charge in [-0.2, -0.15) is 0 Å². The molecule has 0 aliphatic heterocycles. The third-order valence-corrected chi connectivity index (χ3v) is 3.86. The lowest BCUT2D eigenvalue weighted by Gasteiger charge is -2.21. The zero-order valence-electron chi connectivity index (χ0n) is 8.63. The van der Waals surface area contributed by atoms with Gasteiger partial charge in [-0.1, -0.05) is 47.5 Å². The molecule has 0 atom stereocenters. The monoisotopic (exact) mass is 248 g/mol. The Labute approximate surface area is 105 Å². The second-order valence-corrected chi connectivity index (χ2v) is 4.85. The predicted octanol–water partition coefficient (Wildman–Crippen LogP) is 4.76. The van der Waals surface area contributed by atoms with Gasteiger partial charge in [0.1, 0.15) is 0 Å². The fraction of sp³-hybridized carbons (Fsp3) is 0.143. The van der Waals surface area contributed by atoms with Crippen LogP contribution in [0.15, 0.2) is 36.4 Å². The summed E-state index contributed by atoms with van der Waals surface area (Å²) in [6.07, 6.45) is 1.96. The second-order valence-electron chi connectivity index (χ2n) is 4.03. The van der Waals surface area contributed by atoms with E-state index in [2.05, 4.69) is 12.1 Å². The molecule has 0 nitrogen and oxygen atoms in total. The van der Waals surface area contributed by atoms with E-state index in [0.29, 0.717) is 0 Å². The maximum atomic E-state index is 6.22.